The van der Waals surface area contributed by atoms with Crippen molar-refractivity contribution in [1.82, 2.24) is 0 Å². The first-order valence-electron chi connectivity index (χ1n) is 13.6. The third kappa shape index (κ3) is 3.47. The average molecular weight is 537 g/mol. The summed E-state index contributed by atoms with van der Waals surface area (Å²) in [5.74, 6) is 0. The second kappa shape index (κ2) is 9.24. The van der Waals surface area contributed by atoms with Gasteiger partial charge in [0.2, 0.25) is 0 Å². The maximum atomic E-state index is 10.8. The smallest absolute Gasteiger partial charge is 0.143 e. The van der Waals surface area contributed by atoms with Gasteiger partial charge in [-0.3, -0.25) is 0 Å². The molecule has 0 saturated carbocycles. The molecule has 0 saturated heterocycles. The fourth-order valence-electron chi connectivity index (χ4n) is 6.10. The topological polar surface area (TPSA) is 73.9 Å². The Morgan fingerprint density at radius 1 is 0.429 bits per heavy atom. The van der Waals surface area contributed by atoms with Crippen LogP contribution >= 0.6 is 0 Å². The summed E-state index contributed by atoms with van der Waals surface area (Å²) < 4.78 is 12.5. The molecule has 0 bridgehead atoms. The Balaban J connectivity index is 1.50. The number of nitriles is 2. The molecule has 0 fully saturated rings. The van der Waals surface area contributed by atoms with Crippen LogP contribution in [-0.4, -0.2) is 0 Å². The molecule has 0 unspecified atom stereocenters. The predicted octanol–water partition coefficient (Wildman–Crippen LogP) is 10.2. The standard InChI is InChI=1S/C38H20N2O2/c39-21-32-29(23-9-2-1-3-10-23)20-30(28-14-8-13-27-25-11-4-7-16-35(25)42-38(27)28)33(22-40)37(32)24-17-18-36-31(19-24)26-12-5-6-15-34(26)41-36/h1-20H. The molecule has 0 atom stereocenters. The minimum atomic E-state index is 0.423. The zero-order valence-electron chi connectivity index (χ0n) is 22.3. The van der Waals surface area contributed by atoms with Crippen LogP contribution in [0.15, 0.2) is 130 Å². The third-order valence-corrected chi connectivity index (χ3v) is 8.00. The lowest BCUT2D eigenvalue weighted by Crippen LogP contribution is -1.98. The van der Waals surface area contributed by atoms with Gasteiger partial charge >= 0.3 is 0 Å². The molecule has 2 aromatic heterocycles. The van der Waals surface area contributed by atoms with Crippen molar-refractivity contribution in [2.24, 2.45) is 0 Å². The van der Waals surface area contributed by atoms with Gasteiger partial charge in [-0.15, -0.1) is 0 Å². The second-order valence-electron chi connectivity index (χ2n) is 10.3. The van der Waals surface area contributed by atoms with Gasteiger partial charge in [-0.05, 0) is 41.5 Å². The first-order valence-corrected chi connectivity index (χ1v) is 13.6. The molecule has 0 N–H and O–H groups in total. The molecule has 0 amide bonds. The van der Waals surface area contributed by atoms with Crippen LogP contribution in [0, 0.1) is 22.7 Å². The zero-order valence-corrected chi connectivity index (χ0v) is 22.3. The highest BCUT2D eigenvalue weighted by Crippen LogP contribution is 2.44. The zero-order chi connectivity index (χ0) is 28.2. The van der Waals surface area contributed by atoms with Gasteiger partial charge in [-0.1, -0.05) is 91.0 Å². The van der Waals surface area contributed by atoms with E-state index in [-0.39, 0.29) is 0 Å². The van der Waals surface area contributed by atoms with Gasteiger partial charge in [0.1, 0.15) is 34.5 Å². The Morgan fingerprint density at radius 2 is 1.05 bits per heavy atom. The van der Waals surface area contributed by atoms with Crippen molar-refractivity contribution in [2.45, 2.75) is 0 Å². The molecule has 6 aromatic carbocycles. The lowest BCUT2D eigenvalue weighted by molar-refractivity contribution is 0.669. The summed E-state index contributed by atoms with van der Waals surface area (Å²) in [5.41, 5.74) is 8.45. The van der Waals surface area contributed by atoms with E-state index in [0.717, 1.165) is 60.5 Å². The van der Waals surface area contributed by atoms with Crippen LogP contribution in [0.5, 0.6) is 0 Å². The van der Waals surface area contributed by atoms with Crippen molar-refractivity contribution in [3.05, 3.63) is 132 Å². The number of hydrogen-bond acceptors (Lipinski definition) is 4. The molecule has 194 valence electrons. The minimum Gasteiger partial charge on any atom is -0.456 e. The quantitative estimate of drug-likeness (QED) is 0.225. The first kappa shape index (κ1) is 23.8. The summed E-state index contributed by atoms with van der Waals surface area (Å²) in [7, 11) is 0. The number of para-hydroxylation sites is 3. The maximum absolute atomic E-state index is 10.8. The van der Waals surface area contributed by atoms with Gasteiger partial charge in [-0.25, -0.2) is 0 Å². The molecule has 0 aliphatic heterocycles. The molecule has 0 spiro atoms. The molecule has 0 aliphatic carbocycles. The predicted molar refractivity (Wildman–Crippen MR) is 167 cm³/mol. The lowest BCUT2D eigenvalue weighted by Gasteiger charge is -2.17. The van der Waals surface area contributed by atoms with E-state index in [1.54, 1.807) is 0 Å². The van der Waals surface area contributed by atoms with Gasteiger partial charge in [0, 0.05) is 43.8 Å². The van der Waals surface area contributed by atoms with Crippen molar-refractivity contribution in [3.63, 3.8) is 0 Å². The van der Waals surface area contributed by atoms with E-state index in [1.165, 1.54) is 0 Å². The fraction of sp³-hybridized carbons (Fsp3) is 0. The Hall–Kier alpha value is -6.10. The Labute approximate surface area is 240 Å². The monoisotopic (exact) mass is 536 g/mol. The van der Waals surface area contributed by atoms with Crippen molar-refractivity contribution in [3.8, 4) is 45.5 Å². The van der Waals surface area contributed by atoms with E-state index in [9.17, 15) is 10.5 Å². The van der Waals surface area contributed by atoms with Gasteiger partial charge in [0.05, 0.1) is 11.1 Å². The molecule has 0 aliphatic rings. The normalized spacial score (nSPS) is 11.3. The number of benzene rings is 6. The first-order chi connectivity index (χ1) is 20.7. The van der Waals surface area contributed by atoms with E-state index >= 15 is 0 Å². The summed E-state index contributed by atoms with van der Waals surface area (Å²) >= 11 is 0. The Morgan fingerprint density at radius 3 is 1.81 bits per heavy atom. The van der Waals surface area contributed by atoms with Gasteiger partial charge in [0.25, 0.3) is 0 Å². The van der Waals surface area contributed by atoms with Gasteiger partial charge in [-0.2, -0.15) is 10.5 Å². The van der Waals surface area contributed by atoms with E-state index < -0.39 is 0 Å². The summed E-state index contributed by atoms with van der Waals surface area (Å²) in [6.07, 6.45) is 0. The molecule has 42 heavy (non-hydrogen) atoms. The van der Waals surface area contributed by atoms with E-state index in [2.05, 4.69) is 12.1 Å². The van der Waals surface area contributed by atoms with Crippen molar-refractivity contribution in [1.29, 1.82) is 10.5 Å². The lowest BCUT2D eigenvalue weighted by atomic mass is 9.83. The van der Waals surface area contributed by atoms with Crippen LogP contribution in [0.2, 0.25) is 0 Å². The van der Waals surface area contributed by atoms with Crippen LogP contribution in [0.3, 0.4) is 0 Å². The SMILES string of the molecule is N#Cc1c(-c2ccccc2)cc(-c2cccc3c2oc2ccccc23)c(C#N)c1-c1ccc2oc3ccccc3c2c1. The van der Waals surface area contributed by atoms with Crippen LogP contribution in [0.25, 0.3) is 77.3 Å². The summed E-state index contributed by atoms with van der Waals surface area (Å²) in [6.45, 7) is 0. The van der Waals surface area contributed by atoms with Gasteiger partial charge in [0.15, 0.2) is 0 Å². The van der Waals surface area contributed by atoms with Crippen molar-refractivity contribution in [2.75, 3.05) is 0 Å². The van der Waals surface area contributed by atoms with Crippen LogP contribution in [-0.2, 0) is 0 Å². The molecular weight excluding hydrogens is 516 g/mol. The second-order valence-corrected chi connectivity index (χ2v) is 10.3. The molecule has 8 rings (SSSR count). The fourth-order valence-corrected chi connectivity index (χ4v) is 6.10. The number of hydrogen-bond donors (Lipinski definition) is 0. The molecule has 2 heterocycles. The molecule has 0 radical (unpaired) electrons. The molecule has 4 nitrogen and oxygen atoms in total. The summed E-state index contributed by atoms with van der Waals surface area (Å²) in [4.78, 5) is 0. The highest BCUT2D eigenvalue weighted by atomic mass is 16.3. The van der Waals surface area contributed by atoms with E-state index in [1.807, 2.05) is 121 Å². The largest absolute Gasteiger partial charge is 0.456 e. The molecule has 8 aromatic rings. The van der Waals surface area contributed by atoms with E-state index in [0.29, 0.717) is 27.8 Å². The van der Waals surface area contributed by atoms with Crippen molar-refractivity contribution >= 4 is 43.9 Å². The number of rotatable bonds is 3. The summed E-state index contributed by atoms with van der Waals surface area (Å²) in [5, 5.41) is 25.3. The maximum Gasteiger partial charge on any atom is 0.143 e. The van der Waals surface area contributed by atoms with Crippen molar-refractivity contribution < 1.29 is 8.83 Å². The van der Waals surface area contributed by atoms with Crippen LogP contribution in [0.1, 0.15) is 11.1 Å². The minimum absolute atomic E-state index is 0.423. The van der Waals surface area contributed by atoms with Crippen LogP contribution < -0.4 is 0 Å². The third-order valence-electron chi connectivity index (χ3n) is 8.00. The van der Waals surface area contributed by atoms with Crippen LogP contribution in [0.4, 0.5) is 0 Å². The summed E-state index contributed by atoms with van der Waals surface area (Å²) in [6, 6.07) is 44.5. The number of fused-ring (bicyclic) bond motifs is 6. The molecule has 4 heteroatoms. The molecular formula is C38H20N2O2. The highest BCUT2D eigenvalue weighted by molar-refractivity contribution is 6.11. The Bertz CT molecular complexity index is 2430. The van der Waals surface area contributed by atoms with Gasteiger partial charge < -0.3 is 8.83 Å². The van der Waals surface area contributed by atoms with E-state index in [4.69, 9.17) is 8.83 Å². The highest BCUT2D eigenvalue weighted by Gasteiger charge is 2.24. The number of nitrogens with zero attached hydrogens (tertiary/aromatic N) is 2. The Kier molecular flexibility index (Phi) is 5.22. The average Bonchev–Trinajstić information content (AvgIpc) is 3.62. The number of furan rings is 2.